The van der Waals surface area contributed by atoms with Crippen LogP contribution in [-0.4, -0.2) is 52.3 Å². The number of nitrogens with zero attached hydrogens (tertiary/aromatic N) is 1. The first-order valence-corrected chi connectivity index (χ1v) is 7.52. The number of nitrogens with one attached hydrogen (secondary N) is 1. The lowest BCUT2D eigenvalue weighted by atomic mass is 10.1. The zero-order valence-corrected chi connectivity index (χ0v) is 11.8. The molecular formula is C14H24N2O4. The Morgan fingerprint density at radius 1 is 1.15 bits per heavy atom. The van der Waals surface area contributed by atoms with Crippen LogP contribution in [0.5, 0.6) is 0 Å². The van der Waals surface area contributed by atoms with Crippen molar-refractivity contribution >= 4 is 12.0 Å². The first-order chi connectivity index (χ1) is 9.61. The lowest BCUT2D eigenvalue weighted by molar-refractivity contribution is -0.141. The predicted molar refractivity (Wildman–Crippen MR) is 73.3 cm³/mol. The molecule has 114 valence electrons. The summed E-state index contributed by atoms with van der Waals surface area (Å²) in [6.45, 7) is 0.317. The maximum absolute atomic E-state index is 12.3. The highest BCUT2D eigenvalue weighted by Gasteiger charge is 2.33. The summed E-state index contributed by atoms with van der Waals surface area (Å²) in [5.74, 6) is -1.11. The van der Waals surface area contributed by atoms with E-state index in [9.17, 15) is 9.59 Å². The van der Waals surface area contributed by atoms with E-state index in [4.69, 9.17) is 10.2 Å². The molecule has 0 spiro atoms. The van der Waals surface area contributed by atoms with Crippen molar-refractivity contribution in [2.45, 2.75) is 57.0 Å². The molecule has 2 unspecified atom stereocenters. The summed E-state index contributed by atoms with van der Waals surface area (Å²) in [5, 5.41) is 21.0. The first-order valence-electron chi connectivity index (χ1n) is 7.52. The molecule has 0 aromatic rings. The molecule has 0 saturated heterocycles. The molecule has 0 aliphatic heterocycles. The minimum Gasteiger partial charge on any atom is -0.481 e. The molecule has 0 aromatic heterocycles. The van der Waals surface area contributed by atoms with Crippen LogP contribution in [0.15, 0.2) is 0 Å². The Labute approximate surface area is 119 Å². The van der Waals surface area contributed by atoms with E-state index >= 15 is 0 Å². The van der Waals surface area contributed by atoms with Crippen LogP contribution in [0, 0.1) is 5.92 Å². The highest BCUT2D eigenvalue weighted by molar-refractivity contribution is 5.75. The van der Waals surface area contributed by atoms with Crippen LogP contribution in [0.1, 0.15) is 44.9 Å². The second-order valence-electron chi connectivity index (χ2n) is 5.85. The quantitative estimate of drug-likeness (QED) is 0.707. The monoisotopic (exact) mass is 284 g/mol. The van der Waals surface area contributed by atoms with Crippen molar-refractivity contribution in [3.63, 3.8) is 0 Å². The Morgan fingerprint density at radius 3 is 2.40 bits per heavy atom. The zero-order chi connectivity index (χ0) is 14.5. The summed E-state index contributed by atoms with van der Waals surface area (Å²) in [4.78, 5) is 25.0. The maximum atomic E-state index is 12.3. The number of carbonyl (C=O) groups is 2. The molecule has 3 N–H and O–H groups in total. The van der Waals surface area contributed by atoms with Crippen molar-refractivity contribution in [2.75, 3.05) is 13.2 Å². The van der Waals surface area contributed by atoms with E-state index in [-0.39, 0.29) is 30.6 Å². The minimum atomic E-state index is -0.773. The van der Waals surface area contributed by atoms with Gasteiger partial charge in [0.05, 0.1) is 12.5 Å². The van der Waals surface area contributed by atoms with Crippen molar-refractivity contribution in [2.24, 2.45) is 5.92 Å². The molecule has 2 saturated carbocycles. The van der Waals surface area contributed by atoms with Gasteiger partial charge >= 0.3 is 12.0 Å². The van der Waals surface area contributed by atoms with E-state index in [0.717, 1.165) is 32.1 Å². The summed E-state index contributed by atoms with van der Waals surface area (Å²) < 4.78 is 0. The van der Waals surface area contributed by atoms with Gasteiger partial charge in [0.15, 0.2) is 0 Å². The van der Waals surface area contributed by atoms with Gasteiger partial charge in [-0.3, -0.25) is 4.79 Å². The largest absolute Gasteiger partial charge is 0.481 e. The third-order valence-electron chi connectivity index (χ3n) is 4.48. The Kier molecular flexibility index (Phi) is 5.23. The number of carbonyl (C=O) groups excluding carboxylic acids is 1. The Morgan fingerprint density at radius 2 is 1.85 bits per heavy atom. The molecule has 2 aliphatic rings. The first kappa shape index (κ1) is 15.1. The smallest absolute Gasteiger partial charge is 0.317 e. The number of aliphatic hydroxyl groups is 1. The average Bonchev–Trinajstić information content (AvgIpc) is 3.06. The number of amides is 2. The molecule has 2 atom stereocenters. The van der Waals surface area contributed by atoms with Crippen molar-refractivity contribution in [1.29, 1.82) is 0 Å². The summed E-state index contributed by atoms with van der Waals surface area (Å²) in [6, 6.07) is 0.0204. The van der Waals surface area contributed by atoms with Crippen molar-refractivity contribution in [3.8, 4) is 0 Å². The van der Waals surface area contributed by atoms with Crippen LogP contribution in [0.2, 0.25) is 0 Å². The number of carboxylic acids is 1. The Bertz CT molecular complexity index is 355. The van der Waals surface area contributed by atoms with Gasteiger partial charge in [-0.1, -0.05) is 12.8 Å². The van der Waals surface area contributed by atoms with Crippen LogP contribution >= 0.6 is 0 Å². The number of aliphatic carboxylic acids is 1. The lowest BCUT2D eigenvalue weighted by Crippen LogP contribution is -2.49. The number of aliphatic hydroxyl groups excluding tert-OH is 1. The van der Waals surface area contributed by atoms with Crippen molar-refractivity contribution < 1.29 is 19.8 Å². The van der Waals surface area contributed by atoms with E-state index in [0.29, 0.717) is 19.4 Å². The second kappa shape index (κ2) is 6.92. The van der Waals surface area contributed by atoms with Gasteiger partial charge in [0.25, 0.3) is 0 Å². The standard InChI is InChI=1S/C14H24N2O4/c17-8-7-16(12-3-1-2-4-12)14(20)15-11-6-5-10(9-11)13(18)19/h10-12,17H,1-9H2,(H,15,20)(H,18,19). The molecule has 2 rings (SSSR count). The summed E-state index contributed by atoms with van der Waals surface area (Å²) in [6.07, 6.45) is 6.11. The van der Waals surface area contributed by atoms with Gasteiger partial charge < -0.3 is 20.4 Å². The fraction of sp³-hybridized carbons (Fsp3) is 0.857. The normalized spacial score (nSPS) is 26.6. The van der Waals surface area contributed by atoms with Gasteiger partial charge in [-0.2, -0.15) is 0 Å². The molecular weight excluding hydrogens is 260 g/mol. The molecule has 20 heavy (non-hydrogen) atoms. The van der Waals surface area contributed by atoms with Crippen molar-refractivity contribution in [1.82, 2.24) is 10.2 Å². The molecule has 6 nitrogen and oxygen atoms in total. The van der Waals surface area contributed by atoms with Crippen LogP contribution < -0.4 is 5.32 Å². The lowest BCUT2D eigenvalue weighted by Gasteiger charge is -2.29. The molecule has 0 radical (unpaired) electrons. The minimum absolute atomic E-state index is 0.0354. The number of hydrogen-bond donors (Lipinski definition) is 3. The maximum Gasteiger partial charge on any atom is 0.317 e. The van der Waals surface area contributed by atoms with Crippen LogP contribution in [0.25, 0.3) is 0 Å². The van der Waals surface area contributed by atoms with Crippen LogP contribution in [0.3, 0.4) is 0 Å². The highest BCUT2D eigenvalue weighted by Crippen LogP contribution is 2.27. The fourth-order valence-electron chi connectivity index (χ4n) is 3.37. The van der Waals surface area contributed by atoms with Gasteiger partial charge in [0, 0.05) is 18.6 Å². The van der Waals surface area contributed by atoms with E-state index < -0.39 is 5.97 Å². The van der Waals surface area contributed by atoms with Gasteiger partial charge in [0.2, 0.25) is 0 Å². The number of hydrogen-bond acceptors (Lipinski definition) is 3. The Balaban J connectivity index is 1.87. The number of carboxylic acid groups (broad SMARTS) is 1. The molecule has 2 aliphatic carbocycles. The Hall–Kier alpha value is -1.30. The van der Waals surface area contributed by atoms with E-state index in [2.05, 4.69) is 5.32 Å². The zero-order valence-electron chi connectivity index (χ0n) is 11.8. The molecule has 2 fully saturated rings. The molecule has 0 heterocycles. The SMILES string of the molecule is O=C(O)C1CCC(NC(=O)N(CCO)C2CCCC2)C1. The second-order valence-corrected chi connectivity index (χ2v) is 5.85. The highest BCUT2D eigenvalue weighted by atomic mass is 16.4. The van der Waals surface area contributed by atoms with Gasteiger partial charge in [0.1, 0.15) is 0 Å². The van der Waals surface area contributed by atoms with Crippen LogP contribution in [0.4, 0.5) is 4.79 Å². The third-order valence-corrected chi connectivity index (χ3v) is 4.48. The third kappa shape index (κ3) is 3.62. The van der Waals surface area contributed by atoms with E-state index in [1.807, 2.05) is 0 Å². The summed E-state index contributed by atoms with van der Waals surface area (Å²) in [5.41, 5.74) is 0. The molecule has 6 heteroatoms. The topological polar surface area (TPSA) is 89.9 Å². The van der Waals surface area contributed by atoms with Crippen molar-refractivity contribution in [3.05, 3.63) is 0 Å². The molecule has 2 amide bonds. The molecule has 0 bridgehead atoms. The fourth-order valence-corrected chi connectivity index (χ4v) is 3.37. The summed E-state index contributed by atoms with van der Waals surface area (Å²) in [7, 11) is 0. The van der Waals surface area contributed by atoms with Gasteiger partial charge in [-0.15, -0.1) is 0 Å². The predicted octanol–water partition coefficient (Wildman–Crippen LogP) is 1.19. The van der Waals surface area contributed by atoms with Gasteiger partial charge in [-0.05, 0) is 32.1 Å². The number of rotatable bonds is 5. The van der Waals surface area contributed by atoms with Gasteiger partial charge in [-0.25, -0.2) is 4.79 Å². The number of urea groups is 1. The van der Waals surface area contributed by atoms with E-state index in [1.54, 1.807) is 4.90 Å². The van der Waals surface area contributed by atoms with Crippen LogP contribution in [-0.2, 0) is 4.79 Å². The van der Waals surface area contributed by atoms with E-state index in [1.165, 1.54) is 0 Å². The average molecular weight is 284 g/mol. The summed E-state index contributed by atoms with van der Waals surface area (Å²) >= 11 is 0. The molecule has 0 aromatic carbocycles.